The van der Waals surface area contributed by atoms with Crippen LogP contribution in [0.4, 0.5) is 0 Å². The highest BCUT2D eigenvalue weighted by Gasteiger charge is 2.19. The van der Waals surface area contributed by atoms with Crippen LogP contribution in [-0.2, 0) is 17.8 Å². The Morgan fingerprint density at radius 1 is 1.36 bits per heavy atom. The molecule has 0 fully saturated rings. The molecule has 3 aromatic heterocycles. The molecule has 0 aromatic carbocycles. The van der Waals surface area contributed by atoms with E-state index < -0.39 is 5.97 Å². The van der Waals surface area contributed by atoms with Gasteiger partial charge in [-0.1, -0.05) is 13.8 Å². The van der Waals surface area contributed by atoms with Crippen molar-refractivity contribution in [3.63, 3.8) is 0 Å². The van der Waals surface area contributed by atoms with Gasteiger partial charge in [0.05, 0.1) is 30.4 Å². The zero-order valence-corrected chi connectivity index (χ0v) is 14.6. The minimum atomic E-state index is -0.498. The number of aromatic nitrogens is 4. The number of ether oxygens (including phenoxy) is 1. The molecule has 0 unspecified atom stereocenters. The van der Waals surface area contributed by atoms with Gasteiger partial charge < -0.3 is 9.15 Å². The van der Waals surface area contributed by atoms with Crippen LogP contribution in [0.5, 0.6) is 0 Å². The molecule has 0 aliphatic carbocycles. The lowest BCUT2D eigenvalue weighted by Gasteiger charge is -2.05. The number of imidazole rings is 1. The van der Waals surface area contributed by atoms with Crippen LogP contribution in [0, 0.1) is 12.8 Å². The van der Waals surface area contributed by atoms with Gasteiger partial charge in [-0.25, -0.2) is 19.6 Å². The number of rotatable bonds is 5. The highest BCUT2D eigenvalue weighted by Crippen LogP contribution is 2.16. The van der Waals surface area contributed by atoms with Gasteiger partial charge in [-0.3, -0.25) is 9.13 Å². The lowest BCUT2D eigenvalue weighted by Crippen LogP contribution is -2.26. The summed E-state index contributed by atoms with van der Waals surface area (Å²) in [5.41, 5.74) is 1.83. The molecule has 0 saturated carbocycles. The maximum absolute atomic E-state index is 12.9. The van der Waals surface area contributed by atoms with Crippen LogP contribution in [0.25, 0.3) is 11.2 Å². The Labute approximate surface area is 144 Å². The zero-order valence-electron chi connectivity index (χ0n) is 14.6. The molecule has 3 rings (SSSR count). The van der Waals surface area contributed by atoms with Gasteiger partial charge >= 0.3 is 11.7 Å². The molecule has 0 atom stereocenters. The molecule has 0 aliphatic heterocycles. The van der Waals surface area contributed by atoms with E-state index in [0.29, 0.717) is 34.9 Å². The first kappa shape index (κ1) is 16.9. The number of carbonyl (C=O) groups excluding carboxylic acids is 1. The average molecular weight is 344 g/mol. The van der Waals surface area contributed by atoms with Crippen LogP contribution in [0.3, 0.4) is 0 Å². The fourth-order valence-electron chi connectivity index (χ4n) is 2.75. The Balaban J connectivity index is 2.19. The third kappa shape index (κ3) is 3.19. The third-order valence-electron chi connectivity index (χ3n) is 3.81. The first-order valence-electron chi connectivity index (χ1n) is 7.99. The molecule has 0 amide bonds. The number of aryl methyl sites for hydroxylation is 1. The van der Waals surface area contributed by atoms with Gasteiger partial charge in [-0.2, -0.15) is 0 Å². The fourth-order valence-corrected chi connectivity index (χ4v) is 2.75. The molecule has 25 heavy (non-hydrogen) atoms. The van der Waals surface area contributed by atoms with E-state index in [4.69, 9.17) is 9.15 Å². The SMILES string of the molecule is COC(=O)c1cnc2c(c1)n(Cc1coc(C)n1)c(=O)n2CC(C)C. The molecule has 0 bridgehead atoms. The molecular formula is C17H20N4O4. The van der Waals surface area contributed by atoms with Crippen molar-refractivity contribution in [2.24, 2.45) is 5.92 Å². The largest absolute Gasteiger partial charge is 0.465 e. The van der Waals surface area contributed by atoms with Crippen molar-refractivity contribution in [2.45, 2.75) is 33.9 Å². The summed E-state index contributed by atoms with van der Waals surface area (Å²) in [5, 5.41) is 0. The quantitative estimate of drug-likeness (QED) is 0.657. The molecule has 3 heterocycles. The van der Waals surface area contributed by atoms with Gasteiger partial charge in [0, 0.05) is 19.7 Å². The van der Waals surface area contributed by atoms with Crippen LogP contribution in [0.1, 0.15) is 35.8 Å². The highest BCUT2D eigenvalue weighted by molar-refractivity contribution is 5.92. The number of nitrogens with zero attached hydrogens (tertiary/aromatic N) is 4. The molecule has 132 valence electrons. The van der Waals surface area contributed by atoms with Gasteiger partial charge in [0.2, 0.25) is 0 Å². The second-order valence-corrected chi connectivity index (χ2v) is 6.29. The van der Waals surface area contributed by atoms with Crippen LogP contribution in [0.15, 0.2) is 27.7 Å². The van der Waals surface area contributed by atoms with Crippen molar-refractivity contribution in [3.05, 3.63) is 46.2 Å². The maximum Gasteiger partial charge on any atom is 0.339 e. The van der Waals surface area contributed by atoms with Gasteiger partial charge in [-0.05, 0) is 12.0 Å². The maximum atomic E-state index is 12.9. The summed E-state index contributed by atoms with van der Waals surface area (Å²) in [5.74, 6) is 0.303. The Kier molecular flexibility index (Phi) is 4.43. The lowest BCUT2D eigenvalue weighted by molar-refractivity contribution is 0.0600. The van der Waals surface area contributed by atoms with E-state index in [9.17, 15) is 9.59 Å². The van der Waals surface area contributed by atoms with E-state index in [-0.39, 0.29) is 18.2 Å². The highest BCUT2D eigenvalue weighted by atomic mass is 16.5. The molecule has 0 N–H and O–H groups in total. The minimum Gasteiger partial charge on any atom is -0.465 e. The number of hydrogen-bond donors (Lipinski definition) is 0. The van der Waals surface area contributed by atoms with E-state index in [0.717, 1.165) is 0 Å². The second-order valence-electron chi connectivity index (χ2n) is 6.29. The van der Waals surface area contributed by atoms with Crippen molar-refractivity contribution >= 4 is 17.1 Å². The molecule has 3 aromatic rings. The van der Waals surface area contributed by atoms with Gasteiger partial charge in [0.15, 0.2) is 11.5 Å². The van der Waals surface area contributed by atoms with Crippen LogP contribution >= 0.6 is 0 Å². The molecule has 8 heteroatoms. The smallest absolute Gasteiger partial charge is 0.339 e. The van der Waals surface area contributed by atoms with Crippen LogP contribution < -0.4 is 5.69 Å². The summed E-state index contributed by atoms with van der Waals surface area (Å²) >= 11 is 0. The second kappa shape index (κ2) is 6.54. The van der Waals surface area contributed by atoms with Crippen LogP contribution in [-0.4, -0.2) is 32.2 Å². The predicted octanol–water partition coefficient (Wildman–Crippen LogP) is 1.99. The first-order valence-corrected chi connectivity index (χ1v) is 7.99. The fraction of sp³-hybridized carbons (Fsp3) is 0.412. The first-order chi connectivity index (χ1) is 11.9. The Morgan fingerprint density at radius 3 is 2.72 bits per heavy atom. The number of oxazole rings is 1. The van der Waals surface area contributed by atoms with Gasteiger partial charge in [-0.15, -0.1) is 0 Å². The molecule has 0 radical (unpaired) electrons. The number of carbonyl (C=O) groups is 1. The summed E-state index contributed by atoms with van der Waals surface area (Å²) in [7, 11) is 1.31. The van der Waals surface area contributed by atoms with E-state index >= 15 is 0 Å². The standard InChI is InChI=1S/C17H20N4O4/c1-10(2)7-21-15-14(5-12(6-18-15)16(22)24-4)20(17(21)23)8-13-9-25-11(3)19-13/h5-6,9-10H,7-8H2,1-4H3. The molecule has 0 spiro atoms. The number of hydrogen-bond acceptors (Lipinski definition) is 6. The van der Waals surface area contributed by atoms with Crippen molar-refractivity contribution in [1.82, 2.24) is 19.1 Å². The molecule has 0 aliphatic rings. The summed E-state index contributed by atoms with van der Waals surface area (Å²) in [6.07, 6.45) is 2.94. The number of methoxy groups -OCH3 is 1. The third-order valence-corrected chi connectivity index (χ3v) is 3.81. The Hall–Kier alpha value is -2.90. The lowest BCUT2D eigenvalue weighted by atomic mass is 10.2. The van der Waals surface area contributed by atoms with Crippen LogP contribution in [0.2, 0.25) is 0 Å². The Morgan fingerprint density at radius 2 is 2.12 bits per heavy atom. The molecular weight excluding hydrogens is 324 g/mol. The number of fused-ring (bicyclic) bond motifs is 1. The summed E-state index contributed by atoms with van der Waals surface area (Å²) in [6.45, 7) is 6.57. The van der Waals surface area contributed by atoms with E-state index in [1.54, 1.807) is 22.1 Å². The van der Waals surface area contributed by atoms with Crippen molar-refractivity contribution in [1.29, 1.82) is 0 Å². The van der Waals surface area contributed by atoms with Gasteiger partial charge in [0.1, 0.15) is 6.26 Å². The predicted molar refractivity (Wildman–Crippen MR) is 90.5 cm³/mol. The van der Waals surface area contributed by atoms with Crippen molar-refractivity contribution < 1.29 is 13.9 Å². The van der Waals surface area contributed by atoms with Gasteiger partial charge in [0.25, 0.3) is 0 Å². The van der Waals surface area contributed by atoms with E-state index in [1.165, 1.54) is 19.6 Å². The molecule has 0 saturated heterocycles. The summed E-state index contributed by atoms with van der Waals surface area (Å²) in [6, 6.07) is 1.62. The summed E-state index contributed by atoms with van der Waals surface area (Å²) < 4.78 is 13.1. The normalized spacial score (nSPS) is 11.4. The van der Waals surface area contributed by atoms with E-state index in [2.05, 4.69) is 9.97 Å². The summed E-state index contributed by atoms with van der Waals surface area (Å²) in [4.78, 5) is 33.3. The monoisotopic (exact) mass is 344 g/mol. The number of pyridine rings is 1. The average Bonchev–Trinajstić information content (AvgIpc) is 3.10. The van der Waals surface area contributed by atoms with Crippen molar-refractivity contribution in [2.75, 3.05) is 7.11 Å². The van der Waals surface area contributed by atoms with Crippen molar-refractivity contribution in [3.8, 4) is 0 Å². The van der Waals surface area contributed by atoms with E-state index in [1.807, 2.05) is 13.8 Å². The topological polar surface area (TPSA) is 92.2 Å². The number of esters is 1. The Bertz CT molecular complexity index is 980. The molecule has 8 nitrogen and oxygen atoms in total. The zero-order chi connectivity index (χ0) is 18.1. The minimum absolute atomic E-state index is 0.195.